The van der Waals surface area contributed by atoms with Crippen LogP contribution in [0.3, 0.4) is 0 Å². The lowest BCUT2D eigenvalue weighted by molar-refractivity contribution is -0.131. The van der Waals surface area contributed by atoms with Crippen molar-refractivity contribution in [3.63, 3.8) is 0 Å². The maximum absolute atomic E-state index is 12.7. The number of hydrogen-bond donors (Lipinski definition) is 0. The molecule has 0 radical (unpaired) electrons. The van der Waals surface area contributed by atoms with Crippen molar-refractivity contribution in [1.82, 2.24) is 19.7 Å². The third-order valence-corrected chi connectivity index (χ3v) is 5.87. The Balaban J connectivity index is 1.63. The molecule has 134 valence electrons. The predicted octanol–water partition coefficient (Wildman–Crippen LogP) is 3.76. The molecule has 0 bridgehead atoms. The number of benzene rings is 1. The van der Waals surface area contributed by atoms with Crippen molar-refractivity contribution in [2.45, 2.75) is 50.2 Å². The van der Waals surface area contributed by atoms with E-state index in [1.165, 1.54) is 31.0 Å². The Hall–Kier alpha value is -1.82. The molecule has 0 aliphatic heterocycles. The van der Waals surface area contributed by atoms with Gasteiger partial charge < -0.3 is 9.47 Å². The summed E-state index contributed by atoms with van der Waals surface area (Å²) in [7, 11) is 1.95. The Morgan fingerprint density at radius 3 is 2.60 bits per heavy atom. The molecule has 6 heteroatoms. The SMILES string of the molecule is CCN(C(=O)CSc1nnc(-c2ccccc2)n1C)C1CCCCC1. The van der Waals surface area contributed by atoms with E-state index in [4.69, 9.17) is 0 Å². The largest absolute Gasteiger partial charge is 0.339 e. The summed E-state index contributed by atoms with van der Waals surface area (Å²) in [6.07, 6.45) is 6.08. The van der Waals surface area contributed by atoms with Crippen molar-refractivity contribution in [3.05, 3.63) is 30.3 Å². The smallest absolute Gasteiger partial charge is 0.233 e. The van der Waals surface area contributed by atoms with Crippen LogP contribution < -0.4 is 0 Å². The second-order valence-corrected chi connectivity index (χ2v) is 7.43. The number of thioether (sulfide) groups is 1. The second-order valence-electron chi connectivity index (χ2n) is 6.49. The van der Waals surface area contributed by atoms with Gasteiger partial charge in [0.1, 0.15) is 0 Å². The Labute approximate surface area is 153 Å². The number of carbonyl (C=O) groups excluding carboxylic acids is 1. The van der Waals surface area contributed by atoms with Gasteiger partial charge in [-0.1, -0.05) is 61.4 Å². The Kier molecular flexibility index (Phi) is 6.13. The number of hydrogen-bond acceptors (Lipinski definition) is 4. The number of nitrogens with zero attached hydrogens (tertiary/aromatic N) is 4. The van der Waals surface area contributed by atoms with E-state index in [0.717, 1.165) is 35.9 Å². The summed E-state index contributed by atoms with van der Waals surface area (Å²) < 4.78 is 1.96. The summed E-state index contributed by atoms with van der Waals surface area (Å²) in [6.45, 7) is 2.87. The lowest BCUT2D eigenvalue weighted by Crippen LogP contribution is -2.42. The summed E-state index contributed by atoms with van der Waals surface area (Å²) in [5.74, 6) is 1.46. The summed E-state index contributed by atoms with van der Waals surface area (Å²) in [5, 5.41) is 9.34. The molecule has 2 aromatic rings. The zero-order valence-corrected chi connectivity index (χ0v) is 15.8. The number of amides is 1. The first-order valence-corrected chi connectivity index (χ1v) is 10.1. The monoisotopic (exact) mass is 358 g/mol. The molecule has 0 spiro atoms. The highest BCUT2D eigenvalue weighted by atomic mass is 32.2. The molecule has 1 fully saturated rings. The van der Waals surface area contributed by atoms with Crippen LogP contribution in [0.5, 0.6) is 0 Å². The average molecular weight is 359 g/mol. The minimum Gasteiger partial charge on any atom is -0.339 e. The maximum atomic E-state index is 12.7. The molecular formula is C19H26N4OS. The molecule has 0 atom stereocenters. The van der Waals surface area contributed by atoms with E-state index in [2.05, 4.69) is 22.0 Å². The molecule has 25 heavy (non-hydrogen) atoms. The Morgan fingerprint density at radius 2 is 1.92 bits per heavy atom. The van der Waals surface area contributed by atoms with Crippen molar-refractivity contribution in [1.29, 1.82) is 0 Å². The Bertz CT molecular complexity index is 695. The number of rotatable bonds is 6. The van der Waals surface area contributed by atoms with Crippen LogP contribution in [0.2, 0.25) is 0 Å². The molecule has 0 saturated heterocycles. The molecule has 1 aliphatic carbocycles. The van der Waals surface area contributed by atoms with Crippen LogP contribution in [0, 0.1) is 0 Å². The first-order valence-electron chi connectivity index (χ1n) is 9.07. The van der Waals surface area contributed by atoms with Crippen LogP contribution in [-0.2, 0) is 11.8 Å². The second kappa shape index (κ2) is 8.52. The van der Waals surface area contributed by atoms with Gasteiger partial charge in [0.05, 0.1) is 5.75 Å². The molecule has 1 aromatic carbocycles. The summed E-state index contributed by atoms with van der Waals surface area (Å²) in [4.78, 5) is 14.7. The standard InChI is InChI=1S/C19H26N4OS/c1-3-23(16-12-8-5-9-13-16)17(24)14-25-19-21-20-18(22(19)2)15-10-6-4-7-11-15/h4,6-7,10-11,16H,3,5,8-9,12-14H2,1-2H3. The molecule has 1 amide bonds. The molecule has 1 saturated carbocycles. The fourth-order valence-electron chi connectivity index (χ4n) is 3.52. The third-order valence-electron chi connectivity index (χ3n) is 4.87. The quantitative estimate of drug-likeness (QED) is 0.738. The highest BCUT2D eigenvalue weighted by Gasteiger charge is 2.24. The minimum absolute atomic E-state index is 0.212. The van der Waals surface area contributed by atoms with E-state index in [9.17, 15) is 4.79 Å². The van der Waals surface area contributed by atoms with Crippen LogP contribution in [0.4, 0.5) is 0 Å². The van der Waals surface area contributed by atoms with E-state index >= 15 is 0 Å². The number of aromatic nitrogens is 3. The highest BCUT2D eigenvalue weighted by molar-refractivity contribution is 7.99. The van der Waals surface area contributed by atoms with E-state index in [1.54, 1.807) is 0 Å². The summed E-state index contributed by atoms with van der Waals surface area (Å²) in [5.41, 5.74) is 1.04. The van der Waals surface area contributed by atoms with Gasteiger partial charge in [0, 0.05) is 25.2 Å². The van der Waals surface area contributed by atoms with E-state index in [0.29, 0.717) is 11.8 Å². The first kappa shape index (κ1) is 18.0. The normalized spacial score (nSPS) is 15.3. The Morgan fingerprint density at radius 1 is 1.20 bits per heavy atom. The van der Waals surface area contributed by atoms with Gasteiger partial charge in [0.2, 0.25) is 5.91 Å². The van der Waals surface area contributed by atoms with E-state index in [1.807, 2.05) is 41.9 Å². The van der Waals surface area contributed by atoms with Crippen LogP contribution in [0.25, 0.3) is 11.4 Å². The van der Waals surface area contributed by atoms with Crippen molar-refractivity contribution >= 4 is 17.7 Å². The zero-order valence-electron chi connectivity index (χ0n) is 15.0. The van der Waals surface area contributed by atoms with Gasteiger partial charge >= 0.3 is 0 Å². The van der Waals surface area contributed by atoms with Gasteiger partial charge in [0.15, 0.2) is 11.0 Å². The van der Waals surface area contributed by atoms with Crippen molar-refractivity contribution in [3.8, 4) is 11.4 Å². The predicted molar refractivity (Wildman–Crippen MR) is 101 cm³/mol. The lowest BCUT2D eigenvalue weighted by atomic mass is 9.94. The summed E-state index contributed by atoms with van der Waals surface area (Å²) >= 11 is 1.48. The van der Waals surface area contributed by atoms with Crippen molar-refractivity contribution in [2.24, 2.45) is 7.05 Å². The van der Waals surface area contributed by atoms with Gasteiger partial charge in [-0.3, -0.25) is 4.79 Å². The first-order chi connectivity index (χ1) is 12.2. The van der Waals surface area contributed by atoms with Crippen LogP contribution in [0.1, 0.15) is 39.0 Å². The van der Waals surface area contributed by atoms with E-state index < -0.39 is 0 Å². The fraction of sp³-hybridized carbons (Fsp3) is 0.526. The van der Waals surface area contributed by atoms with E-state index in [-0.39, 0.29) is 5.91 Å². The summed E-state index contributed by atoms with van der Waals surface area (Å²) in [6, 6.07) is 10.4. The zero-order chi connectivity index (χ0) is 17.6. The van der Waals surface area contributed by atoms with Crippen LogP contribution >= 0.6 is 11.8 Å². The highest BCUT2D eigenvalue weighted by Crippen LogP contribution is 2.25. The van der Waals surface area contributed by atoms with Gasteiger partial charge in [0.25, 0.3) is 0 Å². The van der Waals surface area contributed by atoms with Crippen LogP contribution in [-0.4, -0.2) is 43.9 Å². The molecule has 5 nitrogen and oxygen atoms in total. The third kappa shape index (κ3) is 4.24. The minimum atomic E-state index is 0.212. The van der Waals surface area contributed by atoms with Gasteiger partial charge in [-0.2, -0.15) is 0 Å². The fourth-order valence-corrected chi connectivity index (χ4v) is 4.32. The van der Waals surface area contributed by atoms with Crippen molar-refractivity contribution in [2.75, 3.05) is 12.3 Å². The van der Waals surface area contributed by atoms with Crippen molar-refractivity contribution < 1.29 is 4.79 Å². The number of carbonyl (C=O) groups is 1. The molecular weight excluding hydrogens is 332 g/mol. The van der Waals surface area contributed by atoms with Gasteiger partial charge in [-0.15, -0.1) is 10.2 Å². The molecule has 1 aromatic heterocycles. The molecule has 0 N–H and O–H groups in total. The molecule has 3 rings (SSSR count). The van der Waals surface area contributed by atoms with Gasteiger partial charge in [-0.25, -0.2) is 0 Å². The molecule has 1 heterocycles. The topological polar surface area (TPSA) is 51.0 Å². The lowest BCUT2D eigenvalue weighted by Gasteiger charge is -2.33. The average Bonchev–Trinajstić information content (AvgIpc) is 3.03. The van der Waals surface area contributed by atoms with Gasteiger partial charge in [-0.05, 0) is 19.8 Å². The molecule has 1 aliphatic rings. The maximum Gasteiger partial charge on any atom is 0.233 e. The molecule has 0 unspecified atom stereocenters. The van der Waals surface area contributed by atoms with Crippen LogP contribution in [0.15, 0.2) is 35.5 Å².